The van der Waals surface area contributed by atoms with Crippen molar-refractivity contribution in [2.45, 2.75) is 25.6 Å². The van der Waals surface area contributed by atoms with E-state index in [9.17, 15) is 4.57 Å². The van der Waals surface area contributed by atoms with E-state index < -0.39 is 13.4 Å². The van der Waals surface area contributed by atoms with Gasteiger partial charge in [0.2, 0.25) is 0 Å². The van der Waals surface area contributed by atoms with Crippen molar-refractivity contribution in [3.05, 3.63) is 49.3 Å². The largest absolute Gasteiger partial charge is 0.587 e. The van der Waals surface area contributed by atoms with Crippen LogP contribution in [0.25, 0.3) is 0 Å². The lowest BCUT2D eigenvalue weighted by atomic mass is 10.3. The van der Waals surface area contributed by atoms with Crippen LogP contribution >= 0.6 is 8.03 Å². The minimum Gasteiger partial charge on any atom is -0.442 e. The molecule has 0 spiro atoms. The second-order valence-corrected chi connectivity index (χ2v) is 5.13. The van der Waals surface area contributed by atoms with Gasteiger partial charge in [-0.1, -0.05) is 38.3 Å². The summed E-state index contributed by atoms with van der Waals surface area (Å²) in [6, 6.07) is 0. The Bertz CT molecular complexity index is 360. The minimum atomic E-state index is -2.11. The van der Waals surface area contributed by atoms with Gasteiger partial charge in [-0.3, -0.25) is 0 Å². The fourth-order valence-electron chi connectivity index (χ4n) is 1.01. The van der Waals surface area contributed by atoms with Crippen molar-refractivity contribution in [3.8, 4) is 0 Å². The number of ether oxygens (including phenoxy) is 1. The Morgan fingerprint density at radius 3 is 2.50 bits per heavy atom. The van der Waals surface area contributed by atoms with Crippen LogP contribution in [-0.2, 0) is 18.9 Å². The molecule has 0 bridgehead atoms. The van der Waals surface area contributed by atoms with Gasteiger partial charge in [0.25, 0.3) is 0 Å². The van der Waals surface area contributed by atoms with Crippen molar-refractivity contribution < 1.29 is 18.9 Å². The molecule has 0 amide bonds. The zero-order valence-corrected chi connectivity index (χ0v) is 12.0. The maximum atomic E-state index is 11.9. The highest BCUT2D eigenvalue weighted by Crippen LogP contribution is 2.44. The summed E-state index contributed by atoms with van der Waals surface area (Å²) in [4.78, 5) is 4.43. The molecule has 0 aliphatic carbocycles. The molecule has 5 heteroatoms. The molecule has 4 nitrogen and oxygen atoms in total. The fraction of sp³-hybridized carbons (Fsp3) is 0.385. The monoisotopic (exact) mass is 271 g/mol. The first-order valence-electron chi connectivity index (χ1n) is 5.53. The van der Waals surface area contributed by atoms with E-state index in [1.54, 1.807) is 31.2 Å². The predicted molar refractivity (Wildman–Crippen MR) is 73.1 cm³/mol. The van der Waals surface area contributed by atoms with Gasteiger partial charge in [0.1, 0.15) is 5.76 Å². The first kappa shape index (κ1) is 16.8. The lowest BCUT2D eigenvalue weighted by Gasteiger charge is -2.18. The van der Waals surface area contributed by atoms with Crippen molar-refractivity contribution in [2.75, 3.05) is 7.11 Å². The molecule has 18 heavy (non-hydrogen) atoms. The Balaban J connectivity index is 4.91. The third kappa shape index (κ3) is 5.41. The van der Waals surface area contributed by atoms with Gasteiger partial charge in [-0.15, -0.1) is 0 Å². The van der Waals surface area contributed by atoms with E-state index in [0.717, 1.165) is 0 Å². The van der Waals surface area contributed by atoms with E-state index in [1.807, 2.05) is 6.92 Å². The molecule has 2 atom stereocenters. The summed E-state index contributed by atoms with van der Waals surface area (Å²) in [5.74, 6) is 0.500. The van der Waals surface area contributed by atoms with Crippen molar-refractivity contribution >= 4 is 8.03 Å². The van der Waals surface area contributed by atoms with Crippen LogP contribution in [0, 0.1) is 0 Å². The molecule has 100 valence electrons. The molecule has 0 saturated heterocycles. The van der Waals surface area contributed by atoms with Crippen LogP contribution in [0.2, 0.25) is 0 Å². The lowest BCUT2D eigenvalue weighted by molar-refractivity contribution is -0.178. The molecule has 0 rings (SSSR count). The summed E-state index contributed by atoms with van der Waals surface area (Å²) in [6.45, 7) is 10.8. The van der Waals surface area contributed by atoms with Gasteiger partial charge in [-0.2, -0.15) is 4.89 Å². The maximum Gasteiger partial charge on any atom is 0.587 e. The molecule has 0 aromatic rings. The summed E-state index contributed by atoms with van der Waals surface area (Å²) in [7, 11) is -0.804. The van der Waals surface area contributed by atoms with Gasteiger partial charge in [-0.05, 0) is 16.7 Å². The number of rotatable bonds is 9. The Morgan fingerprint density at radius 1 is 1.39 bits per heavy atom. The van der Waals surface area contributed by atoms with Gasteiger partial charge in [0.05, 0.1) is 7.11 Å². The normalized spacial score (nSPS) is 16.2. The molecule has 0 aliphatic rings. The predicted octanol–water partition coefficient (Wildman–Crippen LogP) is 4.26. The molecular formula is C13H20O4P+. The average Bonchev–Trinajstić information content (AvgIpc) is 2.37. The maximum absolute atomic E-state index is 11.9. The van der Waals surface area contributed by atoms with E-state index in [1.165, 1.54) is 13.2 Å². The molecule has 0 radical (unpaired) electrons. The van der Waals surface area contributed by atoms with Gasteiger partial charge >= 0.3 is 13.4 Å². The third-order valence-electron chi connectivity index (χ3n) is 2.23. The van der Waals surface area contributed by atoms with Crippen molar-refractivity contribution in [1.29, 1.82) is 0 Å². The summed E-state index contributed by atoms with van der Waals surface area (Å²) >= 11 is 0. The highest BCUT2D eigenvalue weighted by Gasteiger charge is 2.49. The number of hydrogen-bond acceptors (Lipinski definition) is 4. The van der Waals surface area contributed by atoms with E-state index in [2.05, 4.69) is 22.7 Å². The molecule has 0 saturated carbocycles. The van der Waals surface area contributed by atoms with E-state index in [4.69, 9.17) is 4.74 Å². The van der Waals surface area contributed by atoms with Crippen LogP contribution in [-0.4, -0.2) is 12.5 Å². The van der Waals surface area contributed by atoms with Crippen molar-refractivity contribution in [2.24, 2.45) is 0 Å². The SMILES string of the molecule is C=C/C=C\C=C(/C=C)OC(C)(CC)[P+](=O)OOC. The number of allylic oxidation sites excluding steroid dienone is 5. The zero-order valence-electron chi connectivity index (χ0n) is 11.1. The Labute approximate surface area is 109 Å². The van der Waals surface area contributed by atoms with Gasteiger partial charge in [-0.25, -0.2) is 0 Å². The third-order valence-corrected chi connectivity index (χ3v) is 3.70. The lowest BCUT2D eigenvalue weighted by Crippen LogP contribution is -2.23. The zero-order chi connectivity index (χ0) is 14.0. The highest BCUT2D eigenvalue weighted by molar-refractivity contribution is 7.40. The summed E-state index contributed by atoms with van der Waals surface area (Å²) in [6.07, 6.45) is 8.90. The van der Waals surface area contributed by atoms with Crippen LogP contribution in [0.5, 0.6) is 0 Å². The number of hydrogen-bond donors (Lipinski definition) is 0. The standard InChI is InChI=1S/C13H20O4P/c1-6-9-10-11-12(7-2)16-13(4,8-3)18(14)17-15-5/h6-7,9-11H,1-2,8H2,3-5H3/q+1/b10-9-,12-11+. The molecule has 0 aliphatic heterocycles. The van der Waals surface area contributed by atoms with E-state index in [-0.39, 0.29) is 0 Å². The first-order chi connectivity index (χ1) is 8.53. The first-order valence-corrected chi connectivity index (χ1v) is 6.70. The summed E-state index contributed by atoms with van der Waals surface area (Å²) in [5.41, 5.74) is 0. The molecule has 0 heterocycles. The second-order valence-electron chi connectivity index (χ2n) is 3.52. The Hall–Kier alpha value is -1.22. The fourth-order valence-corrected chi connectivity index (χ4v) is 1.74. The quantitative estimate of drug-likeness (QED) is 0.207. The van der Waals surface area contributed by atoms with Crippen molar-refractivity contribution in [1.82, 2.24) is 0 Å². The Morgan fingerprint density at radius 2 is 2.06 bits per heavy atom. The molecule has 0 aromatic heterocycles. The molecule has 0 aromatic carbocycles. The summed E-state index contributed by atoms with van der Waals surface area (Å²) < 4.78 is 22.2. The molecule has 2 unspecified atom stereocenters. The second kappa shape index (κ2) is 8.81. The average molecular weight is 271 g/mol. The molecule has 0 N–H and O–H groups in total. The summed E-state index contributed by atoms with van der Waals surface area (Å²) in [5, 5.41) is -0.965. The van der Waals surface area contributed by atoms with Crippen LogP contribution in [0.1, 0.15) is 20.3 Å². The van der Waals surface area contributed by atoms with Crippen LogP contribution in [0.15, 0.2) is 49.3 Å². The van der Waals surface area contributed by atoms with E-state index in [0.29, 0.717) is 12.2 Å². The topological polar surface area (TPSA) is 44.8 Å². The molecule has 0 fully saturated rings. The smallest absolute Gasteiger partial charge is 0.442 e. The minimum absolute atomic E-state index is 0.500. The molecular weight excluding hydrogens is 251 g/mol. The van der Waals surface area contributed by atoms with Gasteiger partial charge in [0, 0.05) is 18.0 Å². The van der Waals surface area contributed by atoms with E-state index >= 15 is 0 Å². The van der Waals surface area contributed by atoms with Crippen molar-refractivity contribution in [3.63, 3.8) is 0 Å². The van der Waals surface area contributed by atoms with Crippen LogP contribution < -0.4 is 0 Å². The van der Waals surface area contributed by atoms with Gasteiger partial charge in [0.15, 0.2) is 0 Å². The van der Waals surface area contributed by atoms with Gasteiger partial charge < -0.3 is 4.74 Å². The van der Waals surface area contributed by atoms with Crippen LogP contribution in [0.3, 0.4) is 0 Å². The van der Waals surface area contributed by atoms with Crippen LogP contribution in [0.4, 0.5) is 0 Å². The Kier molecular flexibility index (Phi) is 8.21. The highest BCUT2D eigenvalue weighted by atomic mass is 31.1.